The molecule has 0 heterocycles. The Balaban J connectivity index is 3.96. The van der Waals surface area contributed by atoms with Crippen LogP contribution in [-0.2, 0) is 14.3 Å². The maximum atomic E-state index is 11.1. The number of aliphatic carboxylic acids is 1. The van der Waals surface area contributed by atoms with Crippen molar-refractivity contribution in [2.24, 2.45) is 5.73 Å². The smallest absolute Gasteiger partial charge is 0.324 e. The van der Waals surface area contributed by atoms with Crippen molar-refractivity contribution in [2.75, 3.05) is 0 Å². The standard InChI is InChI=1S/C10H17NO4/c1-10(2,3)15-8(12)6-4-5-7(11)9(13)14/h4-5,7H,6,11H2,1-3H3,(H,13,14)/b5-4+. The molecule has 0 amide bonds. The first-order valence-electron chi connectivity index (χ1n) is 4.59. The van der Waals surface area contributed by atoms with Crippen molar-refractivity contribution in [1.29, 1.82) is 0 Å². The molecule has 0 bridgehead atoms. The van der Waals surface area contributed by atoms with Gasteiger partial charge in [0.1, 0.15) is 11.6 Å². The molecule has 15 heavy (non-hydrogen) atoms. The number of nitrogens with two attached hydrogens (primary N) is 1. The highest BCUT2D eigenvalue weighted by Crippen LogP contribution is 2.08. The molecule has 0 radical (unpaired) electrons. The number of carboxylic acids is 1. The predicted octanol–water partition coefficient (Wildman–Crippen LogP) is 0.686. The van der Waals surface area contributed by atoms with Gasteiger partial charge in [0.15, 0.2) is 0 Å². The van der Waals surface area contributed by atoms with Crippen LogP contribution in [0.15, 0.2) is 12.2 Å². The SMILES string of the molecule is CC(C)(C)OC(=O)C/C=C/C(N)C(=O)O. The van der Waals surface area contributed by atoms with Crippen LogP contribution >= 0.6 is 0 Å². The molecule has 1 unspecified atom stereocenters. The second-order valence-corrected chi connectivity index (χ2v) is 4.08. The van der Waals surface area contributed by atoms with E-state index in [1.165, 1.54) is 12.2 Å². The fraction of sp³-hybridized carbons (Fsp3) is 0.600. The molecule has 0 rings (SSSR count). The number of ether oxygens (including phenoxy) is 1. The van der Waals surface area contributed by atoms with Crippen LogP contribution in [0.2, 0.25) is 0 Å². The summed E-state index contributed by atoms with van der Waals surface area (Å²) in [6, 6.07) is -1.08. The zero-order chi connectivity index (χ0) is 12.1. The highest BCUT2D eigenvalue weighted by atomic mass is 16.6. The third-order valence-corrected chi connectivity index (χ3v) is 1.33. The van der Waals surface area contributed by atoms with Crippen LogP contribution in [0.5, 0.6) is 0 Å². The predicted molar refractivity (Wildman–Crippen MR) is 55.2 cm³/mol. The van der Waals surface area contributed by atoms with Crippen LogP contribution in [0.4, 0.5) is 0 Å². The van der Waals surface area contributed by atoms with Gasteiger partial charge in [0.2, 0.25) is 0 Å². The maximum absolute atomic E-state index is 11.1. The molecule has 0 spiro atoms. The average Bonchev–Trinajstić information content (AvgIpc) is 2.00. The lowest BCUT2D eigenvalue weighted by Gasteiger charge is -2.18. The fourth-order valence-corrected chi connectivity index (χ4v) is 0.776. The second kappa shape index (κ2) is 5.50. The van der Waals surface area contributed by atoms with E-state index < -0.39 is 23.6 Å². The molecule has 0 saturated carbocycles. The Hall–Kier alpha value is -1.36. The van der Waals surface area contributed by atoms with Crippen LogP contribution in [-0.4, -0.2) is 28.7 Å². The quantitative estimate of drug-likeness (QED) is 0.532. The van der Waals surface area contributed by atoms with E-state index in [1.807, 2.05) is 0 Å². The normalized spacial score (nSPS) is 13.9. The van der Waals surface area contributed by atoms with Crippen molar-refractivity contribution in [3.63, 3.8) is 0 Å². The van der Waals surface area contributed by atoms with E-state index in [2.05, 4.69) is 0 Å². The molecule has 0 aromatic rings. The van der Waals surface area contributed by atoms with E-state index in [4.69, 9.17) is 15.6 Å². The van der Waals surface area contributed by atoms with Gasteiger partial charge >= 0.3 is 11.9 Å². The summed E-state index contributed by atoms with van der Waals surface area (Å²) in [6.07, 6.45) is 2.68. The molecule has 5 nitrogen and oxygen atoms in total. The van der Waals surface area contributed by atoms with E-state index in [0.29, 0.717) is 0 Å². The van der Waals surface area contributed by atoms with Gasteiger partial charge in [-0.25, -0.2) is 0 Å². The third-order valence-electron chi connectivity index (χ3n) is 1.33. The lowest BCUT2D eigenvalue weighted by atomic mass is 10.2. The van der Waals surface area contributed by atoms with E-state index in [1.54, 1.807) is 20.8 Å². The molecule has 0 fully saturated rings. The molecule has 0 aliphatic rings. The maximum Gasteiger partial charge on any atom is 0.324 e. The van der Waals surface area contributed by atoms with Gasteiger partial charge in [-0.05, 0) is 20.8 Å². The molecule has 86 valence electrons. The summed E-state index contributed by atoms with van der Waals surface area (Å²) in [5.41, 5.74) is 4.66. The van der Waals surface area contributed by atoms with Gasteiger partial charge in [-0.15, -0.1) is 0 Å². The van der Waals surface area contributed by atoms with Gasteiger partial charge < -0.3 is 15.6 Å². The van der Waals surface area contributed by atoms with Gasteiger partial charge in [-0.2, -0.15) is 0 Å². The fourth-order valence-electron chi connectivity index (χ4n) is 0.776. The highest BCUT2D eigenvalue weighted by Gasteiger charge is 2.15. The van der Waals surface area contributed by atoms with Crippen molar-refractivity contribution < 1.29 is 19.4 Å². The van der Waals surface area contributed by atoms with Crippen LogP contribution in [0, 0.1) is 0 Å². The molecule has 3 N–H and O–H groups in total. The number of carbonyl (C=O) groups is 2. The van der Waals surface area contributed by atoms with Gasteiger partial charge in [0, 0.05) is 0 Å². The van der Waals surface area contributed by atoms with Crippen molar-refractivity contribution in [1.82, 2.24) is 0 Å². The summed E-state index contributed by atoms with van der Waals surface area (Å²) in [7, 11) is 0. The van der Waals surface area contributed by atoms with E-state index in [9.17, 15) is 9.59 Å². The van der Waals surface area contributed by atoms with Crippen molar-refractivity contribution in [3.8, 4) is 0 Å². The van der Waals surface area contributed by atoms with E-state index >= 15 is 0 Å². The topological polar surface area (TPSA) is 89.6 Å². The number of rotatable bonds is 4. The van der Waals surface area contributed by atoms with Crippen LogP contribution < -0.4 is 5.73 Å². The Kier molecular flexibility index (Phi) is 5.00. The summed E-state index contributed by atoms with van der Waals surface area (Å²) in [6.45, 7) is 5.28. The molecule has 0 aliphatic carbocycles. The molecule has 0 aromatic heterocycles. The third kappa shape index (κ3) is 7.69. The summed E-state index contributed by atoms with van der Waals surface area (Å²) < 4.78 is 5.00. The number of hydrogen-bond donors (Lipinski definition) is 2. The second-order valence-electron chi connectivity index (χ2n) is 4.08. The molecule has 0 aromatic carbocycles. The van der Waals surface area contributed by atoms with Gasteiger partial charge in [0.25, 0.3) is 0 Å². The Morgan fingerprint density at radius 3 is 2.40 bits per heavy atom. The minimum atomic E-state index is -1.13. The Morgan fingerprint density at radius 2 is 2.00 bits per heavy atom. The Bertz CT molecular complexity index is 265. The molecular weight excluding hydrogens is 198 g/mol. The molecule has 5 heteroatoms. The average molecular weight is 215 g/mol. The molecular formula is C10H17NO4. The highest BCUT2D eigenvalue weighted by molar-refractivity contribution is 5.76. The van der Waals surface area contributed by atoms with Gasteiger partial charge in [0.05, 0.1) is 6.42 Å². The van der Waals surface area contributed by atoms with Crippen molar-refractivity contribution in [2.45, 2.75) is 38.8 Å². The zero-order valence-electron chi connectivity index (χ0n) is 9.19. The van der Waals surface area contributed by atoms with E-state index in [-0.39, 0.29) is 6.42 Å². The van der Waals surface area contributed by atoms with Crippen LogP contribution in [0.1, 0.15) is 27.2 Å². The molecule has 1 atom stereocenters. The number of hydrogen-bond acceptors (Lipinski definition) is 4. The largest absolute Gasteiger partial charge is 0.480 e. The number of carboxylic acid groups (broad SMARTS) is 1. The van der Waals surface area contributed by atoms with E-state index in [0.717, 1.165) is 0 Å². The van der Waals surface area contributed by atoms with Crippen LogP contribution in [0.3, 0.4) is 0 Å². The first kappa shape index (κ1) is 13.6. The Labute approximate surface area is 88.9 Å². The summed E-state index contributed by atoms with van der Waals surface area (Å²) in [5.74, 6) is -1.54. The number of esters is 1. The summed E-state index contributed by atoms with van der Waals surface area (Å²) >= 11 is 0. The number of carbonyl (C=O) groups excluding carboxylic acids is 1. The lowest BCUT2D eigenvalue weighted by Crippen LogP contribution is -2.27. The Morgan fingerprint density at radius 1 is 1.47 bits per heavy atom. The minimum absolute atomic E-state index is 0.0260. The molecule has 0 aliphatic heterocycles. The zero-order valence-corrected chi connectivity index (χ0v) is 9.19. The summed E-state index contributed by atoms with van der Waals surface area (Å²) in [5, 5.41) is 8.44. The van der Waals surface area contributed by atoms with Crippen LogP contribution in [0.25, 0.3) is 0 Å². The monoisotopic (exact) mass is 215 g/mol. The van der Waals surface area contributed by atoms with Crippen molar-refractivity contribution in [3.05, 3.63) is 12.2 Å². The lowest BCUT2D eigenvalue weighted by molar-refractivity contribution is -0.153. The minimum Gasteiger partial charge on any atom is -0.480 e. The van der Waals surface area contributed by atoms with Crippen molar-refractivity contribution >= 4 is 11.9 Å². The summed E-state index contributed by atoms with van der Waals surface area (Å²) in [4.78, 5) is 21.5. The first-order chi connectivity index (χ1) is 6.72. The van der Waals surface area contributed by atoms with Gasteiger partial charge in [-0.3, -0.25) is 9.59 Å². The molecule has 0 saturated heterocycles. The van der Waals surface area contributed by atoms with Gasteiger partial charge in [-0.1, -0.05) is 12.2 Å². The first-order valence-corrected chi connectivity index (χ1v) is 4.59.